The maximum absolute atomic E-state index is 14.3. The predicted molar refractivity (Wildman–Crippen MR) is 169 cm³/mol. The van der Waals surface area contributed by atoms with E-state index in [4.69, 9.17) is 35.4 Å². The number of halogens is 1. The summed E-state index contributed by atoms with van der Waals surface area (Å²) in [6.07, 6.45) is 6.63. The molecule has 0 spiro atoms. The van der Waals surface area contributed by atoms with Gasteiger partial charge in [-0.3, -0.25) is 14.1 Å². The highest BCUT2D eigenvalue weighted by Gasteiger charge is 2.55. The lowest BCUT2D eigenvalue weighted by atomic mass is 9.95. The number of carbonyl (C=O) groups is 2. The highest BCUT2D eigenvalue weighted by molar-refractivity contribution is 7.52. The van der Waals surface area contributed by atoms with Crippen molar-refractivity contribution < 1.29 is 41.8 Å². The van der Waals surface area contributed by atoms with E-state index in [1.165, 1.54) is 17.8 Å². The van der Waals surface area contributed by atoms with Crippen LogP contribution in [-0.2, 0) is 32.9 Å². The molecule has 0 bridgehead atoms. The summed E-state index contributed by atoms with van der Waals surface area (Å²) in [5.74, 6) is 0.820. The molecule has 1 aromatic carbocycles. The molecule has 1 aliphatic rings. The minimum absolute atomic E-state index is 0.0170. The summed E-state index contributed by atoms with van der Waals surface area (Å²) in [5, 5.41) is 2.63. The number of nitrogen functional groups attached to an aromatic ring is 1. The minimum atomic E-state index is -4.41. The van der Waals surface area contributed by atoms with E-state index < -0.39 is 62.1 Å². The topological polar surface area (TPSA) is 179 Å². The number of nitrogens with zero attached hydrogens (tertiary/aromatic N) is 4. The molecule has 3 N–H and O–H groups in total. The summed E-state index contributed by atoms with van der Waals surface area (Å²) in [6.45, 7) is 8.13. The Morgan fingerprint density at radius 3 is 2.55 bits per heavy atom. The molecule has 2 unspecified atom stereocenters. The average molecular weight is 675 g/mol. The molecule has 1 fully saturated rings. The van der Waals surface area contributed by atoms with Gasteiger partial charge in [-0.2, -0.15) is 19.4 Å². The van der Waals surface area contributed by atoms with E-state index in [1.54, 1.807) is 44.2 Å². The first-order chi connectivity index (χ1) is 22.3. The second-order valence-corrected chi connectivity index (χ2v) is 13.2. The van der Waals surface area contributed by atoms with Crippen molar-refractivity contribution in [3.8, 4) is 18.1 Å². The van der Waals surface area contributed by atoms with Gasteiger partial charge in [0.15, 0.2) is 23.2 Å². The number of hydrogen-bond acceptors (Lipinski definition) is 12. The Hall–Kier alpha value is -4.09. The number of anilines is 1. The fourth-order valence-corrected chi connectivity index (χ4v) is 6.37. The number of benzene rings is 1. The van der Waals surface area contributed by atoms with E-state index in [-0.39, 0.29) is 41.9 Å². The smallest absolute Gasteiger partial charge is 0.459 e. The first-order valence-electron chi connectivity index (χ1n) is 15.3. The molecular formula is C31H40FN6O8P. The first kappa shape index (κ1) is 35.8. The van der Waals surface area contributed by atoms with Crippen LogP contribution in [0.2, 0.25) is 0 Å². The lowest BCUT2D eigenvalue weighted by Gasteiger charge is -2.32. The number of hydrogen-bond donors (Lipinski definition) is 2. The molecule has 14 nitrogen and oxygen atoms in total. The van der Waals surface area contributed by atoms with Crippen molar-refractivity contribution in [2.24, 2.45) is 11.8 Å². The molecule has 3 heterocycles. The number of fused-ring (bicyclic) bond motifs is 1. The number of nitrogens with two attached hydrogens (primary N) is 1. The zero-order chi connectivity index (χ0) is 34.4. The third-order valence-electron chi connectivity index (χ3n) is 7.80. The fraction of sp³-hybridized carbons (Fsp3) is 0.516. The summed E-state index contributed by atoms with van der Waals surface area (Å²) in [7, 11) is -4.41. The number of carbonyl (C=O) groups excluding carboxylic acids is 2. The summed E-state index contributed by atoms with van der Waals surface area (Å²) < 4.78 is 58.9. The molecule has 254 valence electrons. The average Bonchev–Trinajstić information content (AvgIpc) is 3.62. The third kappa shape index (κ3) is 8.26. The summed E-state index contributed by atoms with van der Waals surface area (Å²) in [4.78, 5) is 37.3. The van der Waals surface area contributed by atoms with Crippen molar-refractivity contribution in [1.82, 2.24) is 24.6 Å². The molecule has 1 saturated heterocycles. The van der Waals surface area contributed by atoms with Gasteiger partial charge in [-0.15, -0.1) is 6.42 Å². The van der Waals surface area contributed by atoms with Crippen molar-refractivity contribution in [3.63, 3.8) is 0 Å². The van der Waals surface area contributed by atoms with Crippen LogP contribution in [0.1, 0.15) is 53.5 Å². The molecule has 4 rings (SSSR count). The molecule has 0 radical (unpaired) electrons. The van der Waals surface area contributed by atoms with Gasteiger partial charge in [0.25, 0.3) is 0 Å². The van der Waals surface area contributed by atoms with E-state index in [2.05, 4.69) is 26.0 Å². The lowest BCUT2D eigenvalue weighted by molar-refractivity contribution is -0.162. The minimum Gasteiger partial charge on any atom is -0.464 e. The number of terminal acetylenes is 1. The second kappa shape index (κ2) is 15.2. The molecule has 1 aliphatic heterocycles. The normalized spacial score (nSPS) is 21.3. The molecule has 16 heteroatoms. The van der Waals surface area contributed by atoms with Gasteiger partial charge in [-0.05, 0) is 25.0 Å². The first-order valence-corrected chi connectivity index (χ1v) is 16.8. The van der Waals surface area contributed by atoms with Crippen molar-refractivity contribution >= 4 is 36.7 Å². The number of rotatable bonds is 15. The monoisotopic (exact) mass is 674 g/mol. The highest BCUT2D eigenvalue weighted by atomic mass is 31.2. The Morgan fingerprint density at radius 1 is 1.21 bits per heavy atom. The maximum atomic E-state index is 14.3. The second-order valence-electron chi connectivity index (χ2n) is 11.5. The molecule has 3 aromatic rings. The van der Waals surface area contributed by atoms with Gasteiger partial charge < -0.3 is 29.0 Å². The Bertz CT molecular complexity index is 1650. The quantitative estimate of drug-likeness (QED) is 0.101. The Balaban J connectivity index is 1.65. The molecule has 2 aromatic heterocycles. The van der Waals surface area contributed by atoms with E-state index in [0.29, 0.717) is 0 Å². The van der Waals surface area contributed by atoms with Crippen molar-refractivity contribution in [2.75, 3.05) is 25.6 Å². The molecule has 0 aliphatic carbocycles. The zero-order valence-electron chi connectivity index (χ0n) is 26.9. The van der Waals surface area contributed by atoms with E-state index in [9.17, 15) is 18.5 Å². The van der Waals surface area contributed by atoms with Crippen molar-refractivity contribution in [3.05, 3.63) is 42.7 Å². The van der Waals surface area contributed by atoms with Gasteiger partial charge in [0, 0.05) is 0 Å². The molecule has 5 atom stereocenters. The number of aromatic nitrogens is 4. The van der Waals surface area contributed by atoms with Crippen LogP contribution in [0.4, 0.5) is 10.2 Å². The lowest BCUT2D eigenvalue weighted by Crippen LogP contribution is -2.48. The van der Waals surface area contributed by atoms with Crippen LogP contribution in [0.3, 0.4) is 0 Å². The van der Waals surface area contributed by atoms with Gasteiger partial charge in [0.2, 0.25) is 0 Å². The molecule has 47 heavy (non-hydrogen) atoms. The highest BCUT2D eigenvalue weighted by Crippen LogP contribution is 2.48. The van der Waals surface area contributed by atoms with Gasteiger partial charge in [-0.1, -0.05) is 64.7 Å². The van der Waals surface area contributed by atoms with Gasteiger partial charge in [-0.25, -0.2) is 9.55 Å². The Kier molecular flexibility index (Phi) is 11.6. The van der Waals surface area contributed by atoms with Crippen LogP contribution in [0.5, 0.6) is 5.75 Å². The zero-order valence-corrected chi connectivity index (χ0v) is 27.8. The van der Waals surface area contributed by atoms with Crippen LogP contribution < -0.4 is 15.3 Å². The van der Waals surface area contributed by atoms with Crippen LogP contribution in [-0.4, -0.2) is 69.0 Å². The number of ether oxygens (including phenoxy) is 3. The largest absolute Gasteiger partial charge is 0.464 e. The fourth-order valence-electron chi connectivity index (χ4n) is 4.85. The Labute approximate surface area is 272 Å². The van der Waals surface area contributed by atoms with E-state index >= 15 is 0 Å². The number of imidazole rings is 1. The number of esters is 2. The number of para-hydroxylation sites is 1. The molecule has 0 amide bonds. The molecule has 0 saturated carbocycles. The third-order valence-corrected chi connectivity index (χ3v) is 9.42. The van der Waals surface area contributed by atoms with Crippen LogP contribution in [0.15, 0.2) is 36.7 Å². The van der Waals surface area contributed by atoms with E-state index in [0.717, 1.165) is 12.8 Å². The predicted octanol–water partition coefficient (Wildman–Crippen LogP) is 4.22. The van der Waals surface area contributed by atoms with Gasteiger partial charge in [0.1, 0.15) is 30.0 Å². The number of nitrogens with one attached hydrogen (secondary N) is 1. The molecular weight excluding hydrogens is 634 g/mol. The van der Waals surface area contributed by atoms with Crippen molar-refractivity contribution in [1.29, 1.82) is 0 Å². The standard InChI is InChI=1S/C31H40FN6O8P/c1-7-21(8-2)15-42-29(40)20(6)37-47(41,46-22-13-11-10-12-14-22)44-17-31(9-3)25(45-28(39)19(4)5)23(16-43-31)38-18-34-24-26(33)35-30(32)36-27(24)38/h3,10-14,18-21,23,25H,7-8,15-17H2,1-2,4-6H3,(H,37,41)(H2,33,35,36)/t20-,23?,25-,31+,47?/m0/s1. The summed E-state index contributed by atoms with van der Waals surface area (Å²) >= 11 is 0. The SMILES string of the molecule is C#C[C@]1(COP(=O)(N[C@@H](C)C(=O)OCC(CC)CC)Oc2ccccc2)OCC(n2cnc3c(N)nc(F)nc32)[C@@H]1OC(=O)C(C)C. The van der Waals surface area contributed by atoms with Crippen LogP contribution in [0.25, 0.3) is 11.2 Å². The van der Waals surface area contributed by atoms with Gasteiger partial charge >= 0.3 is 25.8 Å². The summed E-state index contributed by atoms with van der Waals surface area (Å²) in [5.41, 5.74) is 4.15. The van der Waals surface area contributed by atoms with E-state index in [1.807, 2.05) is 13.8 Å². The maximum Gasteiger partial charge on any atom is 0.459 e. The Morgan fingerprint density at radius 2 is 1.91 bits per heavy atom. The van der Waals surface area contributed by atoms with Crippen LogP contribution in [0, 0.1) is 30.3 Å². The van der Waals surface area contributed by atoms with Crippen LogP contribution >= 0.6 is 7.75 Å². The van der Waals surface area contributed by atoms with Crippen molar-refractivity contribution in [2.45, 2.75) is 71.2 Å². The van der Waals surface area contributed by atoms with Gasteiger partial charge in [0.05, 0.1) is 25.5 Å². The summed E-state index contributed by atoms with van der Waals surface area (Å²) in [6, 6.07) is 6.16.